The molecule has 0 heterocycles. The zero-order chi connectivity index (χ0) is 6.41. The second-order valence-corrected chi connectivity index (χ2v) is 1.79. The van der Waals surface area contributed by atoms with Crippen LogP contribution < -0.4 is 5.32 Å². The van der Waals surface area contributed by atoms with Crippen molar-refractivity contribution in [1.82, 2.24) is 5.32 Å². The molecule has 0 saturated heterocycles. The summed E-state index contributed by atoms with van der Waals surface area (Å²) < 4.78 is 0. The first-order valence-electron chi connectivity index (χ1n) is 2.71. The number of rotatable bonds is 4. The van der Waals surface area contributed by atoms with Gasteiger partial charge in [0.05, 0.1) is 0 Å². The Kier molecular flexibility index (Phi) is 10.8. The summed E-state index contributed by atoms with van der Waals surface area (Å²) in [6, 6.07) is 0. The van der Waals surface area contributed by atoms with Gasteiger partial charge in [0.1, 0.15) is 0 Å². The number of hydrogen-bond acceptors (Lipinski definition) is 3. The van der Waals surface area contributed by atoms with E-state index in [1.54, 1.807) is 7.05 Å². The Bertz CT molecular complexity index is 50.2. The van der Waals surface area contributed by atoms with Crippen molar-refractivity contribution in [2.45, 2.75) is 0 Å². The minimum Gasteiger partial charge on any atom is -0.396 e. The van der Waals surface area contributed by atoms with Crippen LogP contribution in [0.1, 0.15) is 0 Å². The molecule has 3 nitrogen and oxygen atoms in total. The molecule has 0 atom stereocenters. The molecule has 0 aliphatic carbocycles. The molecule has 0 aliphatic rings. The number of nitrogens with one attached hydrogen (secondary N) is 1. The minimum atomic E-state index is -0.000000000000000444. The van der Waals surface area contributed by atoms with Crippen LogP contribution in [0.2, 0.25) is 0 Å². The Morgan fingerprint density at radius 1 is 1.33 bits per heavy atom. The largest absolute Gasteiger partial charge is 0.396 e. The van der Waals surface area contributed by atoms with E-state index < -0.39 is 0 Å². The molecule has 58 valence electrons. The van der Waals surface area contributed by atoms with Gasteiger partial charge in [0.15, 0.2) is 0 Å². The topological polar surface area (TPSA) is 52.5 Å². The maximum atomic E-state index is 8.46. The zero-order valence-electron chi connectivity index (χ0n) is 5.50. The summed E-state index contributed by atoms with van der Waals surface area (Å²) in [7, 11) is 1.79. The van der Waals surface area contributed by atoms with Crippen LogP contribution >= 0.6 is 12.4 Å². The molecule has 3 N–H and O–H groups in total. The highest BCUT2D eigenvalue weighted by atomic mass is 35.5. The number of hydrogen-bond donors (Lipinski definition) is 3. The van der Waals surface area contributed by atoms with Crippen molar-refractivity contribution in [3.8, 4) is 0 Å². The average Bonchev–Trinajstić information content (AvgIpc) is 1.83. The Balaban J connectivity index is 0. The van der Waals surface area contributed by atoms with Gasteiger partial charge in [-0.25, -0.2) is 0 Å². The molecular formula is C5H14ClNO2. The molecule has 0 aromatic heterocycles. The summed E-state index contributed by atoms with van der Waals surface area (Å²) in [5.74, 6) is -0.000000000000000444. The molecule has 0 fully saturated rings. The third-order valence-electron chi connectivity index (χ3n) is 1.01. The molecular weight excluding hydrogens is 142 g/mol. The molecule has 0 radical (unpaired) electrons. The molecule has 0 spiro atoms. The lowest BCUT2D eigenvalue weighted by molar-refractivity contribution is 0.150. The lowest BCUT2D eigenvalue weighted by Crippen LogP contribution is -2.24. The van der Waals surface area contributed by atoms with Crippen LogP contribution in [0.3, 0.4) is 0 Å². The zero-order valence-corrected chi connectivity index (χ0v) is 6.32. The SMILES string of the molecule is CNCC(CO)CO.Cl. The van der Waals surface area contributed by atoms with Crippen molar-refractivity contribution in [2.75, 3.05) is 26.8 Å². The van der Waals surface area contributed by atoms with Gasteiger partial charge in [0.25, 0.3) is 0 Å². The van der Waals surface area contributed by atoms with Crippen LogP contribution in [0.5, 0.6) is 0 Å². The number of aliphatic hydroxyl groups excluding tert-OH is 2. The van der Waals surface area contributed by atoms with E-state index in [4.69, 9.17) is 10.2 Å². The first-order valence-corrected chi connectivity index (χ1v) is 2.71. The van der Waals surface area contributed by atoms with Crippen LogP contribution in [-0.2, 0) is 0 Å². The Morgan fingerprint density at radius 3 is 1.89 bits per heavy atom. The minimum absolute atomic E-state index is 0. The van der Waals surface area contributed by atoms with Gasteiger partial charge in [-0.05, 0) is 7.05 Å². The maximum absolute atomic E-state index is 8.46. The molecule has 0 unspecified atom stereocenters. The summed E-state index contributed by atoms with van der Waals surface area (Å²) in [5.41, 5.74) is 0. The van der Waals surface area contributed by atoms with Crippen LogP contribution in [0, 0.1) is 5.92 Å². The average molecular weight is 156 g/mol. The van der Waals surface area contributed by atoms with Gasteiger partial charge in [-0.3, -0.25) is 0 Å². The monoisotopic (exact) mass is 155 g/mol. The summed E-state index contributed by atoms with van der Waals surface area (Å²) in [5, 5.41) is 19.8. The smallest absolute Gasteiger partial charge is 0.0493 e. The fourth-order valence-electron chi connectivity index (χ4n) is 0.476. The molecule has 9 heavy (non-hydrogen) atoms. The summed E-state index contributed by atoms with van der Waals surface area (Å²) in [6.07, 6.45) is 0. The molecule has 0 rings (SSSR count). The first kappa shape index (κ1) is 11.9. The third kappa shape index (κ3) is 6.05. The third-order valence-corrected chi connectivity index (χ3v) is 1.01. The molecule has 0 aliphatic heterocycles. The first-order chi connectivity index (χ1) is 3.85. The second-order valence-electron chi connectivity index (χ2n) is 1.79. The predicted molar refractivity (Wildman–Crippen MR) is 38.8 cm³/mol. The van der Waals surface area contributed by atoms with Crippen LogP contribution in [-0.4, -0.2) is 37.0 Å². The van der Waals surface area contributed by atoms with Gasteiger partial charge in [-0.15, -0.1) is 12.4 Å². The van der Waals surface area contributed by atoms with E-state index >= 15 is 0 Å². The van der Waals surface area contributed by atoms with E-state index in [-0.39, 0.29) is 31.5 Å². The van der Waals surface area contributed by atoms with Crippen molar-refractivity contribution >= 4 is 12.4 Å². The standard InChI is InChI=1S/C5H13NO2.ClH/c1-6-2-5(3-7)4-8;/h5-8H,2-4H2,1H3;1H. The Hall–Kier alpha value is 0.170. The molecule has 0 amide bonds. The van der Waals surface area contributed by atoms with Crippen molar-refractivity contribution in [2.24, 2.45) is 5.92 Å². The molecule has 4 heteroatoms. The van der Waals surface area contributed by atoms with Crippen molar-refractivity contribution in [3.05, 3.63) is 0 Å². The summed E-state index contributed by atoms with van der Waals surface area (Å²) in [6.45, 7) is 0.779. The summed E-state index contributed by atoms with van der Waals surface area (Å²) >= 11 is 0. The molecule has 0 saturated carbocycles. The molecule has 0 aromatic rings. The van der Waals surface area contributed by atoms with Crippen LogP contribution in [0.15, 0.2) is 0 Å². The predicted octanol–water partition coefficient (Wildman–Crippen LogP) is -0.772. The van der Waals surface area contributed by atoms with Crippen molar-refractivity contribution in [1.29, 1.82) is 0 Å². The number of aliphatic hydroxyl groups is 2. The number of halogens is 1. The van der Waals surface area contributed by atoms with Gasteiger partial charge >= 0.3 is 0 Å². The second kappa shape index (κ2) is 8.17. The lowest BCUT2D eigenvalue weighted by atomic mass is 10.2. The van der Waals surface area contributed by atoms with Gasteiger partial charge in [0, 0.05) is 25.7 Å². The fourth-order valence-corrected chi connectivity index (χ4v) is 0.476. The highest BCUT2D eigenvalue weighted by molar-refractivity contribution is 5.85. The highest BCUT2D eigenvalue weighted by Crippen LogP contribution is 1.87. The van der Waals surface area contributed by atoms with E-state index in [0.29, 0.717) is 6.54 Å². The Morgan fingerprint density at radius 2 is 1.78 bits per heavy atom. The van der Waals surface area contributed by atoms with Gasteiger partial charge < -0.3 is 15.5 Å². The van der Waals surface area contributed by atoms with Crippen molar-refractivity contribution in [3.63, 3.8) is 0 Å². The maximum Gasteiger partial charge on any atom is 0.0493 e. The Labute approximate surface area is 61.5 Å². The van der Waals surface area contributed by atoms with Crippen molar-refractivity contribution < 1.29 is 10.2 Å². The molecule has 0 bridgehead atoms. The van der Waals surface area contributed by atoms with E-state index in [1.165, 1.54) is 0 Å². The van der Waals surface area contributed by atoms with Gasteiger partial charge in [-0.2, -0.15) is 0 Å². The van der Waals surface area contributed by atoms with Crippen LogP contribution in [0.25, 0.3) is 0 Å². The fraction of sp³-hybridized carbons (Fsp3) is 1.00. The van der Waals surface area contributed by atoms with E-state index in [2.05, 4.69) is 5.32 Å². The normalized spacial score (nSPS) is 9.33. The van der Waals surface area contributed by atoms with Crippen LogP contribution in [0.4, 0.5) is 0 Å². The van der Waals surface area contributed by atoms with Gasteiger partial charge in [0.2, 0.25) is 0 Å². The summed E-state index contributed by atoms with van der Waals surface area (Å²) in [4.78, 5) is 0. The van der Waals surface area contributed by atoms with E-state index in [0.717, 1.165) is 0 Å². The quantitative estimate of drug-likeness (QED) is 0.500. The van der Waals surface area contributed by atoms with E-state index in [9.17, 15) is 0 Å². The van der Waals surface area contributed by atoms with E-state index in [1.807, 2.05) is 0 Å². The lowest BCUT2D eigenvalue weighted by Gasteiger charge is -2.07. The highest BCUT2D eigenvalue weighted by Gasteiger charge is 2.01. The van der Waals surface area contributed by atoms with Gasteiger partial charge in [-0.1, -0.05) is 0 Å². The molecule has 0 aromatic carbocycles.